The normalized spacial score (nSPS) is 16.9. The Bertz CT molecular complexity index is 689. The van der Waals surface area contributed by atoms with E-state index >= 15 is 0 Å². The van der Waals surface area contributed by atoms with Gasteiger partial charge in [0, 0.05) is 25.0 Å². The summed E-state index contributed by atoms with van der Waals surface area (Å²) < 4.78 is 33.7. The fourth-order valence-corrected chi connectivity index (χ4v) is 2.20. The summed E-state index contributed by atoms with van der Waals surface area (Å²) in [4.78, 5) is 15.9. The molecule has 1 aromatic carbocycles. The van der Waals surface area contributed by atoms with Crippen molar-refractivity contribution in [2.24, 2.45) is 0 Å². The number of rotatable bonds is 3. The molecule has 3 rings (SSSR count). The molecular formula is C14H14F2N4O2. The highest BCUT2D eigenvalue weighted by Gasteiger charge is 2.19. The average Bonchev–Trinajstić information content (AvgIpc) is 2.95. The molecule has 1 aromatic heterocycles. The molecule has 2 N–H and O–H groups in total. The third-order valence-corrected chi connectivity index (χ3v) is 3.32. The molecule has 0 fully saturated rings. The van der Waals surface area contributed by atoms with Crippen LogP contribution in [0, 0.1) is 11.6 Å². The van der Waals surface area contributed by atoms with Gasteiger partial charge in [-0.2, -0.15) is 0 Å². The van der Waals surface area contributed by atoms with E-state index in [9.17, 15) is 13.6 Å². The van der Waals surface area contributed by atoms with E-state index < -0.39 is 17.7 Å². The SMILES string of the molecule is O=C(NCC1Cn2ccnc2CO1)Nc1ccc(F)cc1F. The lowest BCUT2D eigenvalue weighted by Gasteiger charge is -2.24. The maximum absolute atomic E-state index is 13.4. The van der Waals surface area contributed by atoms with E-state index in [0.29, 0.717) is 19.2 Å². The van der Waals surface area contributed by atoms with Gasteiger partial charge in [0.15, 0.2) is 0 Å². The third kappa shape index (κ3) is 3.22. The monoisotopic (exact) mass is 308 g/mol. The molecular weight excluding hydrogens is 294 g/mol. The maximum atomic E-state index is 13.4. The lowest BCUT2D eigenvalue weighted by molar-refractivity contribution is 0.00466. The van der Waals surface area contributed by atoms with Gasteiger partial charge in [-0.1, -0.05) is 0 Å². The van der Waals surface area contributed by atoms with Gasteiger partial charge in [0.1, 0.15) is 24.1 Å². The number of imidazole rings is 1. The van der Waals surface area contributed by atoms with Crippen molar-refractivity contribution in [3.63, 3.8) is 0 Å². The van der Waals surface area contributed by atoms with Crippen molar-refractivity contribution in [1.29, 1.82) is 0 Å². The van der Waals surface area contributed by atoms with Gasteiger partial charge in [-0.15, -0.1) is 0 Å². The first-order valence-electron chi connectivity index (χ1n) is 6.73. The summed E-state index contributed by atoms with van der Waals surface area (Å²) in [5.74, 6) is -0.684. The zero-order valence-corrected chi connectivity index (χ0v) is 11.6. The summed E-state index contributed by atoms with van der Waals surface area (Å²) in [5.41, 5.74) is -0.0830. The van der Waals surface area contributed by atoms with Crippen molar-refractivity contribution >= 4 is 11.7 Å². The minimum atomic E-state index is -0.827. The number of nitrogens with zero attached hydrogens (tertiary/aromatic N) is 2. The van der Waals surface area contributed by atoms with Crippen LogP contribution >= 0.6 is 0 Å². The Hall–Kier alpha value is -2.48. The van der Waals surface area contributed by atoms with Crippen LogP contribution in [0.5, 0.6) is 0 Å². The van der Waals surface area contributed by atoms with Crippen LogP contribution in [-0.4, -0.2) is 28.2 Å². The zero-order valence-electron chi connectivity index (χ0n) is 11.6. The van der Waals surface area contributed by atoms with E-state index in [2.05, 4.69) is 15.6 Å². The van der Waals surface area contributed by atoms with Crippen LogP contribution in [0.15, 0.2) is 30.6 Å². The van der Waals surface area contributed by atoms with E-state index in [1.807, 2.05) is 10.8 Å². The number of benzene rings is 1. The number of urea groups is 1. The first kappa shape index (κ1) is 14.5. The van der Waals surface area contributed by atoms with Crippen molar-refractivity contribution in [1.82, 2.24) is 14.9 Å². The minimum absolute atomic E-state index is 0.0830. The van der Waals surface area contributed by atoms with Crippen molar-refractivity contribution in [2.45, 2.75) is 19.3 Å². The lowest BCUT2D eigenvalue weighted by atomic mass is 10.3. The Kier molecular flexibility index (Phi) is 4.01. The summed E-state index contributed by atoms with van der Waals surface area (Å²) in [5, 5.41) is 4.92. The summed E-state index contributed by atoms with van der Waals surface area (Å²) >= 11 is 0. The first-order valence-corrected chi connectivity index (χ1v) is 6.73. The minimum Gasteiger partial charge on any atom is -0.367 e. The van der Waals surface area contributed by atoms with Gasteiger partial charge < -0.3 is 19.9 Å². The van der Waals surface area contributed by atoms with Gasteiger partial charge in [0.2, 0.25) is 0 Å². The molecule has 0 saturated heterocycles. The number of carbonyl (C=O) groups excluding carboxylic acids is 1. The van der Waals surface area contributed by atoms with E-state index in [1.54, 1.807) is 6.20 Å². The average molecular weight is 308 g/mol. The molecule has 0 radical (unpaired) electrons. The largest absolute Gasteiger partial charge is 0.367 e. The fourth-order valence-electron chi connectivity index (χ4n) is 2.20. The second-order valence-corrected chi connectivity index (χ2v) is 4.89. The molecule has 0 aliphatic carbocycles. The van der Waals surface area contributed by atoms with E-state index in [1.165, 1.54) is 6.07 Å². The Morgan fingerprint density at radius 2 is 2.32 bits per heavy atom. The Morgan fingerprint density at radius 1 is 1.45 bits per heavy atom. The van der Waals surface area contributed by atoms with Gasteiger partial charge in [0.05, 0.1) is 18.3 Å². The first-order chi connectivity index (χ1) is 10.6. The number of amides is 2. The summed E-state index contributed by atoms with van der Waals surface area (Å²) in [6, 6.07) is 2.37. The molecule has 0 spiro atoms. The number of fused-ring (bicyclic) bond motifs is 1. The van der Waals surface area contributed by atoms with Crippen LogP contribution in [0.4, 0.5) is 19.3 Å². The van der Waals surface area contributed by atoms with Crippen molar-refractivity contribution in [3.05, 3.63) is 48.1 Å². The van der Waals surface area contributed by atoms with Gasteiger partial charge in [-0.25, -0.2) is 18.6 Å². The number of halogens is 2. The highest BCUT2D eigenvalue weighted by molar-refractivity contribution is 5.89. The summed E-state index contributed by atoms with van der Waals surface area (Å²) in [6.45, 7) is 1.24. The van der Waals surface area contributed by atoms with Crippen LogP contribution in [-0.2, 0) is 17.9 Å². The summed E-state index contributed by atoms with van der Waals surface area (Å²) in [6.07, 6.45) is 3.35. The molecule has 8 heteroatoms. The van der Waals surface area contributed by atoms with E-state index in [4.69, 9.17) is 4.74 Å². The number of carbonyl (C=O) groups is 1. The topological polar surface area (TPSA) is 68.2 Å². The highest BCUT2D eigenvalue weighted by Crippen LogP contribution is 2.15. The van der Waals surface area contributed by atoms with Crippen molar-refractivity contribution in [2.75, 3.05) is 11.9 Å². The van der Waals surface area contributed by atoms with E-state index in [0.717, 1.165) is 11.9 Å². The van der Waals surface area contributed by atoms with Crippen molar-refractivity contribution in [3.8, 4) is 0 Å². The number of ether oxygens (including phenoxy) is 1. The van der Waals surface area contributed by atoms with Crippen LogP contribution in [0.2, 0.25) is 0 Å². The highest BCUT2D eigenvalue weighted by atomic mass is 19.1. The molecule has 0 bridgehead atoms. The van der Waals surface area contributed by atoms with Gasteiger partial charge in [0.25, 0.3) is 0 Å². The Morgan fingerprint density at radius 3 is 3.14 bits per heavy atom. The third-order valence-electron chi connectivity index (χ3n) is 3.32. The maximum Gasteiger partial charge on any atom is 0.319 e. The molecule has 0 saturated carbocycles. The van der Waals surface area contributed by atoms with Gasteiger partial charge in [-0.05, 0) is 12.1 Å². The van der Waals surface area contributed by atoms with Crippen LogP contribution in [0.25, 0.3) is 0 Å². The molecule has 2 heterocycles. The number of hydrogen-bond acceptors (Lipinski definition) is 3. The molecule has 2 aromatic rings. The second kappa shape index (κ2) is 6.10. The smallest absolute Gasteiger partial charge is 0.319 e. The Balaban J connectivity index is 1.51. The Labute approximate surface area is 125 Å². The molecule has 1 atom stereocenters. The van der Waals surface area contributed by atoms with Gasteiger partial charge >= 0.3 is 6.03 Å². The quantitative estimate of drug-likeness (QED) is 0.910. The number of nitrogens with one attached hydrogen (secondary N) is 2. The van der Waals surface area contributed by atoms with E-state index in [-0.39, 0.29) is 18.3 Å². The predicted octanol–water partition coefficient (Wildman–Crippen LogP) is 1.88. The molecule has 22 heavy (non-hydrogen) atoms. The van der Waals surface area contributed by atoms with Gasteiger partial charge in [-0.3, -0.25) is 0 Å². The fraction of sp³-hybridized carbons (Fsp3) is 0.286. The molecule has 6 nitrogen and oxygen atoms in total. The number of hydrogen-bond donors (Lipinski definition) is 2. The molecule has 1 aliphatic rings. The standard InChI is InChI=1S/C14H14F2N4O2/c15-9-1-2-12(11(16)5-9)19-14(21)18-6-10-7-20-4-3-17-13(20)8-22-10/h1-5,10H,6-8H2,(H2,18,19,21). The van der Waals surface area contributed by atoms with Crippen LogP contribution in [0.3, 0.4) is 0 Å². The van der Waals surface area contributed by atoms with Crippen molar-refractivity contribution < 1.29 is 18.3 Å². The number of anilines is 1. The second-order valence-electron chi connectivity index (χ2n) is 4.89. The molecule has 1 unspecified atom stereocenters. The molecule has 1 aliphatic heterocycles. The molecule has 2 amide bonds. The lowest BCUT2D eigenvalue weighted by Crippen LogP contribution is -2.40. The zero-order chi connectivity index (χ0) is 15.5. The van der Waals surface area contributed by atoms with Crippen LogP contribution in [0.1, 0.15) is 5.82 Å². The predicted molar refractivity (Wildman–Crippen MR) is 74.2 cm³/mol. The summed E-state index contributed by atoms with van der Waals surface area (Å²) in [7, 11) is 0. The molecule has 116 valence electrons. The number of aromatic nitrogens is 2. The van der Waals surface area contributed by atoms with Crippen LogP contribution < -0.4 is 10.6 Å².